The lowest BCUT2D eigenvalue weighted by molar-refractivity contribution is -0.155. The second-order valence-electron chi connectivity index (χ2n) is 20.2. The van der Waals surface area contributed by atoms with Crippen molar-refractivity contribution in [2.75, 3.05) is 17.6 Å². The number of allylic oxidation sites excluding steroid dienone is 1. The third-order valence-electron chi connectivity index (χ3n) is 14.1. The summed E-state index contributed by atoms with van der Waals surface area (Å²) in [7, 11) is 0. The minimum Gasteiger partial charge on any atom is -0.506 e. The monoisotopic (exact) mass is 1440 g/mol. The van der Waals surface area contributed by atoms with Gasteiger partial charge >= 0.3 is 5.97 Å². The molecule has 0 saturated heterocycles. The fourth-order valence-corrected chi connectivity index (χ4v) is 15.2. The number of benzene rings is 2. The molecule has 462 valence electrons. The summed E-state index contributed by atoms with van der Waals surface area (Å²) in [5.41, 5.74) is 8.00. The molecule has 1 unspecified atom stereocenters. The van der Waals surface area contributed by atoms with E-state index in [0.717, 1.165) is 72.0 Å². The number of aliphatic hydroxyl groups excluding tert-OH is 2. The van der Waals surface area contributed by atoms with Gasteiger partial charge in [-0.1, -0.05) is 42.1 Å². The van der Waals surface area contributed by atoms with E-state index < -0.39 is 95.1 Å². The second-order valence-corrected chi connectivity index (χ2v) is 26.7. The highest BCUT2D eigenvalue weighted by Gasteiger charge is 2.34. The van der Waals surface area contributed by atoms with E-state index in [-0.39, 0.29) is 101 Å². The Morgan fingerprint density at radius 2 is 1.46 bits per heavy atom. The van der Waals surface area contributed by atoms with Gasteiger partial charge in [0.2, 0.25) is 16.9 Å². The van der Waals surface area contributed by atoms with Gasteiger partial charge in [-0.15, -0.1) is 56.7 Å². The van der Waals surface area contributed by atoms with Crippen LogP contribution in [0.1, 0.15) is 111 Å². The lowest BCUT2D eigenvalue weighted by Gasteiger charge is -2.21. The number of aromatic hydroxyl groups is 1. The van der Waals surface area contributed by atoms with E-state index in [9.17, 15) is 53.7 Å². The van der Waals surface area contributed by atoms with E-state index in [1.54, 1.807) is 43.5 Å². The van der Waals surface area contributed by atoms with Crippen molar-refractivity contribution in [2.45, 2.75) is 70.2 Å². The van der Waals surface area contributed by atoms with Crippen molar-refractivity contribution in [1.29, 1.82) is 0 Å². The molecule has 0 spiro atoms. The molecule has 0 fully saturated rings. The van der Waals surface area contributed by atoms with E-state index in [0.29, 0.717) is 27.7 Å². The Morgan fingerprint density at radius 1 is 0.800 bits per heavy atom. The van der Waals surface area contributed by atoms with Gasteiger partial charge in [0.05, 0.1) is 29.6 Å². The molecule has 0 saturated carbocycles. The summed E-state index contributed by atoms with van der Waals surface area (Å²) in [6.45, 7) is 4.26. The number of esters is 1. The summed E-state index contributed by atoms with van der Waals surface area (Å²) in [4.78, 5) is 142. The van der Waals surface area contributed by atoms with Gasteiger partial charge in [-0.25, -0.2) is 34.7 Å². The Hall–Kier alpha value is -8.42. The van der Waals surface area contributed by atoms with E-state index >= 15 is 0 Å². The highest BCUT2D eigenvalue weighted by molar-refractivity contribution is 14.1. The van der Waals surface area contributed by atoms with Crippen LogP contribution >= 0.6 is 91.0 Å². The van der Waals surface area contributed by atoms with Crippen molar-refractivity contribution >= 4 is 160 Å². The van der Waals surface area contributed by atoms with E-state index in [2.05, 4.69) is 79.4 Å². The molecule has 2 aromatic carbocycles. The van der Waals surface area contributed by atoms with Crippen LogP contribution in [0.3, 0.4) is 0 Å². The van der Waals surface area contributed by atoms with Crippen molar-refractivity contribution in [2.24, 2.45) is 5.73 Å². The number of para-hydroxylation sites is 1. The Labute approximate surface area is 547 Å². The quantitative estimate of drug-likeness (QED) is 0.0574. The molecule has 33 heteroatoms. The number of primary amides is 1. The number of hydrogen-bond acceptors (Lipinski definition) is 25. The van der Waals surface area contributed by atoms with Gasteiger partial charge in [-0.2, -0.15) is 0 Å². The third kappa shape index (κ3) is 13.5. The number of thiazole rings is 5. The fraction of sp³-hybridized carbons (Fsp3) is 0.228. The molecule has 0 aliphatic carbocycles. The first-order chi connectivity index (χ1) is 43.2. The number of nitrogens with zero attached hydrogens (tertiary/aromatic N) is 6. The first kappa shape index (κ1) is 63.2. The van der Waals surface area contributed by atoms with Crippen LogP contribution in [0.2, 0.25) is 0 Å². The average molecular weight is 1440 g/mol. The minimum absolute atomic E-state index is 0.0490. The summed E-state index contributed by atoms with van der Waals surface area (Å²) >= 11 is 7.91. The highest BCUT2D eigenvalue weighted by atomic mass is 127. The maximum atomic E-state index is 14.6. The van der Waals surface area contributed by atoms with Crippen LogP contribution in [0.25, 0.3) is 49.3 Å². The molecular formula is C57H49IN14O12S6. The standard InChI is InChI=1S/C57H49IN14O12S6/c1-4-27-52-68-33(18-87-52)46(77)63-30-13-39(75)56(82)84-15-24-8-7-11-29-40(24)22(2)41(61-29)57(83)90-21-37(65-48(79)34-19-88-53(30)69-34)54-66-32(16-86-54)43-25(51-67-36(17-85-51)49(80)72-42(23(3)73)50(81)62-27)12-38(74)44(71-43)55-70-35(20-89-55)47(78)64-31(45(59)76)14-60-28-10-6-5-9-26(28)58/h4-12,16-20,23,30-31,37,39,42,60-61,73-75H,13-15,21H2,1-3H3,(H2,59,76)(H,62,81)(H,63,77)(H,64,78)(H,65,79)(H,72,80)/b27-4-/t23-,30+,31?,37+,39-,42+/m1/s1. The predicted molar refractivity (Wildman–Crippen MR) is 347 cm³/mol. The summed E-state index contributed by atoms with van der Waals surface area (Å²) in [6.07, 6.45) is -2.30. The highest BCUT2D eigenvalue weighted by Crippen LogP contribution is 2.42. The number of nitrogens with one attached hydrogen (secondary N) is 7. The molecule has 6 amide bonds. The van der Waals surface area contributed by atoms with Gasteiger partial charge in [0.25, 0.3) is 23.6 Å². The van der Waals surface area contributed by atoms with Crippen molar-refractivity contribution in [3.63, 3.8) is 0 Å². The Bertz CT molecular complexity index is 4380. The lowest BCUT2D eigenvalue weighted by atomic mass is 10.1. The maximum absolute atomic E-state index is 14.6. The van der Waals surface area contributed by atoms with Gasteiger partial charge < -0.3 is 62.7 Å². The number of pyridine rings is 1. The van der Waals surface area contributed by atoms with Crippen LogP contribution in [-0.2, 0) is 25.7 Å². The summed E-state index contributed by atoms with van der Waals surface area (Å²) in [5.74, 6) is -6.43. The molecule has 9 heterocycles. The number of rotatable bonds is 8. The number of ether oxygens (including phenoxy) is 1. The lowest BCUT2D eigenvalue weighted by Crippen LogP contribution is -2.52. The van der Waals surface area contributed by atoms with Crippen molar-refractivity contribution in [1.82, 2.24) is 61.5 Å². The Kier molecular flexibility index (Phi) is 18.9. The number of thioether (sulfide) groups is 1. The number of aromatic amines is 1. The average Bonchev–Trinajstić information content (AvgIpc) is 1.63. The molecule has 6 atom stereocenters. The Morgan fingerprint density at radius 3 is 2.19 bits per heavy atom. The van der Waals surface area contributed by atoms with Gasteiger partial charge in [-0.3, -0.25) is 33.6 Å². The largest absolute Gasteiger partial charge is 0.506 e. The summed E-state index contributed by atoms with van der Waals surface area (Å²) in [6, 6.07) is 8.80. The SMILES string of the molecule is C/C=C1\NC(=O)[C@H]([C@@H](C)O)NC(=O)c2csc(n2)-c2cc(O)c(-c3nc(C(=O)NC(CNc4ccccc4I)C(N)=O)cs3)nc2-c2csc(n2)[C@@H]2CSC(=O)c3[nH]c4cccc(c4c3C)COC(=O)[C@H](O)C[C@H](NC(=O)c3csc1n3)c1nc(cs1)C(=O)N2. The van der Waals surface area contributed by atoms with Crippen molar-refractivity contribution in [3.8, 4) is 38.4 Å². The third-order valence-corrected chi connectivity index (χ3v) is 20.5. The Balaban J connectivity index is 1.01. The topological polar surface area (TPSA) is 398 Å². The number of nitrogens with two attached hydrogens (primary N) is 1. The second kappa shape index (κ2) is 27.0. The van der Waals surface area contributed by atoms with Crippen LogP contribution in [0.4, 0.5) is 5.69 Å². The summed E-state index contributed by atoms with van der Waals surface area (Å²) < 4.78 is 6.51. The predicted octanol–water partition coefficient (Wildman–Crippen LogP) is 6.45. The van der Waals surface area contributed by atoms with Gasteiger partial charge in [0.15, 0.2) is 6.10 Å². The number of carbonyl (C=O) groups is 8. The minimum atomic E-state index is -1.84. The van der Waals surface area contributed by atoms with Crippen LogP contribution < -0.4 is 37.6 Å². The van der Waals surface area contributed by atoms with Gasteiger partial charge in [-0.05, 0) is 78.8 Å². The fourth-order valence-electron chi connectivity index (χ4n) is 9.45. The molecule has 2 aliphatic heterocycles. The number of carbonyl (C=O) groups excluding carboxylic acids is 8. The zero-order valence-electron chi connectivity index (χ0n) is 47.0. The number of amides is 6. The first-order valence-electron chi connectivity index (χ1n) is 27.0. The molecule has 9 aromatic rings. The van der Waals surface area contributed by atoms with Gasteiger partial charge in [0.1, 0.15) is 89.3 Å². The number of aliphatic hydroxyl groups is 2. The molecule has 11 rings (SSSR count). The first-order valence-corrected chi connectivity index (χ1v) is 33.5. The van der Waals surface area contributed by atoms with Crippen molar-refractivity contribution in [3.05, 3.63) is 140 Å². The number of cyclic esters (lactones) is 1. The number of fused-ring (bicyclic) bond motifs is 13. The normalized spacial score (nSPS) is 18.9. The van der Waals surface area contributed by atoms with Crippen LogP contribution in [0, 0.1) is 10.5 Å². The number of hydrogen-bond donors (Lipinski definition) is 11. The van der Waals surface area contributed by atoms with Crippen LogP contribution in [-0.4, -0.2) is 133 Å². The summed E-state index contributed by atoms with van der Waals surface area (Å²) in [5, 5.41) is 59.0. The molecule has 26 nitrogen and oxygen atoms in total. The zero-order chi connectivity index (χ0) is 63.7. The molecule has 90 heavy (non-hydrogen) atoms. The number of aryl methyl sites for hydroxylation is 1. The van der Waals surface area contributed by atoms with Gasteiger partial charge in [0, 0.05) is 71.3 Å². The van der Waals surface area contributed by atoms with E-state index in [1.807, 2.05) is 18.2 Å². The number of anilines is 1. The molecule has 12 N–H and O–H groups in total. The van der Waals surface area contributed by atoms with Crippen LogP contribution in [0.15, 0.2) is 81.5 Å². The number of halogens is 1. The maximum Gasteiger partial charge on any atom is 0.335 e. The molecule has 0 radical (unpaired) electrons. The van der Waals surface area contributed by atoms with E-state index in [1.165, 1.54) is 40.6 Å². The van der Waals surface area contributed by atoms with Crippen molar-refractivity contribution < 1.29 is 58.4 Å². The smallest absolute Gasteiger partial charge is 0.335 e. The number of aromatic nitrogens is 7. The zero-order valence-corrected chi connectivity index (χ0v) is 54.0. The molecular weight excluding hydrogens is 1390 g/mol. The number of H-pyrrole nitrogens is 1. The van der Waals surface area contributed by atoms with Crippen LogP contribution in [0.5, 0.6) is 5.75 Å². The van der Waals surface area contributed by atoms with E-state index in [4.69, 9.17) is 20.4 Å². The molecule has 2 aliphatic rings. The molecule has 7 aromatic heterocycles. The molecule has 12 bridgehead atoms.